The Kier molecular flexibility index (Phi) is 5.19. The van der Waals surface area contributed by atoms with Crippen LogP contribution >= 0.6 is 11.8 Å². The Morgan fingerprint density at radius 3 is 2.25 bits per heavy atom. The Morgan fingerprint density at radius 2 is 1.65 bits per heavy atom. The molecule has 112 valence electrons. The van der Waals surface area contributed by atoms with Crippen LogP contribution in [0.4, 0.5) is 0 Å². The van der Waals surface area contributed by atoms with Crippen LogP contribution in [0.1, 0.15) is 47.0 Å². The molecule has 1 aromatic rings. The highest BCUT2D eigenvalue weighted by molar-refractivity contribution is 7.99. The van der Waals surface area contributed by atoms with Gasteiger partial charge in [0.25, 0.3) is 0 Å². The molecular weight excluding hydrogens is 262 g/mol. The van der Waals surface area contributed by atoms with Gasteiger partial charge in [-0.1, -0.05) is 45.9 Å². The fourth-order valence-corrected chi connectivity index (χ4v) is 4.74. The van der Waals surface area contributed by atoms with Gasteiger partial charge in [-0.15, -0.1) is 11.8 Å². The van der Waals surface area contributed by atoms with Gasteiger partial charge in [0.15, 0.2) is 0 Å². The van der Waals surface area contributed by atoms with Crippen molar-refractivity contribution >= 4 is 11.8 Å². The third-order valence-electron chi connectivity index (χ3n) is 4.10. The van der Waals surface area contributed by atoms with Crippen molar-refractivity contribution in [2.45, 2.75) is 57.9 Å². The lowest BCUT2D eigenvalue weighted by Crippen LogP contribution is -2.44. The molecular formula is C18H29NS. The standard InChI is InChI=1S/C18H29NS/c1-17(2)12-15(13-18(3,4)14-17)19-10-11-20-16-8-6-5-7-9-16/h5-9,15,19H,10-14H2,1-4H3. The molecule has 0 aromatic heterocycles. The Bertz CT molecular complexity index is 395. The first-order valence-electron chi connectivity index (χ1n) is 7.78. The zero-order valence-corrected chi connectivity index (χ0v) is 14.2. The topological polar surface area (TPSA) is 12.0 Å². The van der Waals surface area contributed by atoms with E-state index in [1.807, 2.05) is 11.8 Å². The van der Waals surface area contributed by atoms with Crippen molar-refractivity contribution in [2.24, 2.45) is 10.8 Å². The predicted octanol–water partition coefficient (Wildman–Crippen LogP) is 4.97. The van der Waals surface area contributed by atoms with Crippen LogP contribution in [0.15, 0.2) is 35.2 Å². The summed E-state index contributed by atoms with van der Waals surface area (Å²) in [6, 6.07) is 11.4. The summed E-state index contributed by atoms with van der Waals surface area (Å²) >= 11 is 1.95. The largest absolute Gasteiger partial charge is 0.313 e. The molecule has 0 heterocycles. The normalized spacial score (nSPS) is 21.8. The summed E-state index contributed by atoms with van der Waals surface area (Å²) in [5.74, 6) is 1.15. The predicted molar refractivity (Wildman–Crippen MR) is 90.4 cm³/mol. The highest BCUT2D eigenvalue weighted by Crippen LogP contribution is 2.45. The van der Waals surface area contributed by atoms with Crippen molar-refractivity contribution < 1.29 is 0 Å². The van der Waals surface area contributed by atoms with E-state index in [4.69, 9.17) is 0 Å². The van der Waals surface area contributed by atoms with E-state index in [1.54, 1.807) is 0 Å². The maximum atomic E-state index is 3.78. The molecule has 0 aliphatic heterocycles. The van der Waals surface area contributed by atoms with Crippen molar-refractivity contribution in [1.82, 2.24) is 5.32 Å². The summed E-state index contributed by atoms with van der Waals surface area (Å²) in [4.78, 5) is 1.37. The van der Waals surface area contributed by atoms with E-state index in [0.29, 0.717) is 16.9 Å². The number of thioether (sulfide) groups is 1. The molecule has 0 atom stereocenters. The van der Waals surface area contributed by atoms with E-state index < -0.39 is 0 Å². The Labute approximate surface area is 128 Å². The molecule has 1 N–H and O–H groups in total. The lowest BCUT2D eigenvalue weighted by atomic mass is 9.63. The molecule has 1 saturated carbocycles. The molecule has 1 fully saturated rings. The second-order valence-corrected chi connectivity index (χ2v) is 8.89. The van der Waals surface area contributed by atoms with E-state index in [9.17, 15) is 0 Å². The Morgan fingerprint density at radius 1 is 1.05 bits per heavy atom. The average Bonchev–Trinajstić information content (AvgIpc) is 2.32. The summed E-state index contributed by atoms with van der Waals surface area (Å²) in [6.07, 6.45) is 3.97. The van der Waals surface area contributed by atoms with Crippen molar-refractivity contribution in [3.63, 3.8) is 0 Å². The molecule has 1 aliphatic carbocycles. The SMILES string of the molecule is CC1(C)CC(NCCSc2ccccc2)CC(C)(C)C1. The fraction of sp³-hybridized carbons (Fsp3) is 0.667. The Balaban J connectivity index is 1.74. The minimum absolute atomic E-state index is 0.478. The summed E-state index contributed by atoms with van der Waals surface area (Å²) in [6.45, 7) is 10.8. The summed E-state index contributed by atoms with van der Waals surface area (Å²) in [5, 5.41) is 3.78. The summed E-state index contributed by atoms with van der Waals surface area (Å²) < 4.78 is 0. The van der Waals surface area contributed by atoms with Gasteiger partial charge >= 0.3 is 0 Å². The van der Waals surface area contributed by atoms with Gasteiger partial charge in [-0.25, -0.2) is 0 Å². The minimum atomic E-state index is 0.478. The van der Waals surface area contributed by atoms with Crippen molar-refractivity contribution in [1.29, 1.82) is 0 Å². The van der Waals surface area contributed by atoms with Crippen LogP contribution in [0.3, 0.4) is 0 Å². The van der Waals surface area contributed by atoms with Crippen LogP contribution in [-0.4, -0.2) is 18.3 Å². The van der Waals surface area contributed by atoms with Crippen LogP contribution in [0.25, 0.3) is 0 Å². The Hall–Kier alpha value is -0.470. The van der Waals surface area contributed by atoms with Crippen LogP contribution < -0.4 is 5.32 Å². The maximum absolute atomic E-state index is 3.78. The molecule has 1 nitrogen and oxygen atoms in total. The minimum Gasteiger partial charge on any atom is -0.313 e. The highest BCUT2D eigenvalue weighted by Gasteiger charge is 2.37. The third-order valence-corrected chi connectivity index (χ3v) is 5.12. The lowest BCUT2D eigenvalue weighted by Gasteiger charge is -2.45. The molecule has 0 bridgehead atoms. The van der Waals surface area contributed by atoms with Crippen LogP contribution in [-0.2, 0) is 0 Å². The van der Waals surface area contributed by atoms with E-state index in [-0.39, 0.29) is 0 Å². The van der Waals surface area contributed by atoms with Gasteiger partial charge in [0.1, 0.15) is 0 Å². The monoisotopic (exact) mass is 291 g/mol. The zero-order valence-electron chi connectivity index (χ0n) is 13.4. The van der Waals surface area contributed by atoms with Gasteiger partial charge in [-0.05, 0) is 42.2 Å². The first kappa shape index (κ1) is 15.9. The number of hydrogen-bond acceptors (Lipinski definition) is 2. The van der Waals surface area contributed by atoms with Gasteiger partial charge in [0.05, 0.1) is 0 Å². The number of benzene rings is 1. The maximum Gasteiger partial charge on any atom is 0.0106 e. The van der Waals surface area contributed by atoms with Crippen molar-refractivity contribution in [3.8, 4) is 0 Å². The van der Waals surface area contributed by atoms with Crippen molar-refractivity contribution in [2.75, 3.05) is 12.3 Å². The first-order chi connectivity index (χ1) is 9.36. The molecule has 20 heavy (non-hydrogen) atoms. The second kappa shape index (κ2) is 6.53. The van der Waals surface area contributed by atoms with Crippen molar-refractivity contribution in [3.05, 3.63) is 30.3 Å². The van der Waals surface area contributed by atoms with Gasteiger partial charge in [0, 0.05) is 23.2 Å². The molecule has 0 amide bonds. The van der Waals surface area contributed by atoms with Crippen LogP contribution in [0, 0.1) is 10.8 Å². The number of hydrogen-bond donors (Lipinski definition) is 1. The van der Waals surface area contributed by atoms with Crippen LogP contribution in [0.2, 0.25) is 0 Å². The number of rotatable bonds is 5. The quantitative estimate of drug-likeness (QED) is 0.607. The van der Waals surface area contributed by atoms with Gasteiger partial charge in [0.2, 0.25) is 0 Å². The lowest BCUT2D eigenvalue weighted by molar-refractivity contribution is 0.0860. The number of nitrogens with one attached hydrogen (secondary N) is 1. The summed E-state index contributed by atoms with van der Waals surface area (Å²) in [5.41, 5.74) is 0.956. The van der Waals surface area contributed by atoms with Gasteiger partial charge in [-0.3, -0.25) is 0 Å². The van der Waals surface area contributed by atoms with E-state index >= 15 is 0 Å². The zero-order chi connectivity index (χ0) is 14.6. The highest BCUT2D eigenvalue weighted by atomic mass is 32.2. The third kappa shape index (κ3) is 5.14. The molecule has 1 aromatic carbocycles. The molecule has 1 aliphatic rings. The average molecular weight is 292 g/mol. The van der Waals surface area contributed by atoms with E-state index in [1.165, 1.54) is 24.2 Å². The summed E-state index contributed by atoms with van der Waals surface area (Å²) in [7, 11) is 0. The molecule has 0 radical (unpaired) electrons. The first-order valence-corrected chi connectivity index (χ1v) is 8.76. The molecule has 0 unspecified atom stereocenters. The van der Waals surface area contributed by atoms with E-state index in [2.05, 4.69) is 63.3 Å². The van der Waals surface area contributed by atoms with Gasteiger partial charge < -0.3 is 5.32 Å². The molecule has 0 saturated heterocycles. The second-order valence-electron chi connectivity index (χ2n) is 7.73. The van der Waals surface area contributed by atoms with E-state index in [0.717, 1.165) is 12.3 Å². The van der Waals surface area contributed by atoms with Crippen LogP contribution in [0.5, 0.6) is 0 Å². The molecule has 2 heteroatoms. The fourth-order valence-electron chi connectivity index (χ4n) is 3.94. The molecule has 0 spiro atoms. The molecule has 2 rings (SSSR count). The smallest absolute Gasteiger partial charge is 0.0106 e. The van der Waals surface area contributed by atoms with Gasteiger partial charge in [-0.2, -0.15) is 0 Å².